The van der Waals surface area contributed by atoms with E-state index in [1.165, 1.54) is 18.2 Å². The Bertz CT molecular complexity index is 356. The van der Waals surface area contributed by atoms with Crippen molar-refractivity contribution in [3.63, 3.8) is 0 Å². The minimum absolute atomic E-state index is 0.0139. The lowest BCUT2D eigenvalue weighted by molar-refractivity contribution is -0.0278. The van der Waals surface area contributed by atoms with Crippen LogP contribution in [-0.4, -0.2) is 11.8 Å². The highest BCUT2D eigenvalue weighted by Gasteiger charge is 2.85. The van der Waals surface area contributed by atoms with E-state index < -0.39 is 17.8 Å². The molecular formula is C10H8F4. The Morgan fingerprint density at radius 1 is 1.07 bits per heavy atom. The lowest BCUT2D eigenvalue weighted by Gasteiger charge is -1.98. The normalized spacial score (nSPS) is 23.5. The smallest absolute Gasteiger partial charge is 0.199 e. The maximum Gasteiger partial charge on any atom is 0.323 e. The molecule has 0 unspecified atom stereocenters. The van der Waals surface area contributed by atoms with Gasteiger partial charge in [-0.2, -0.15) is 17.6 Å². The van der Waals surface area contributed by atoms with E-state index in [0.717, 1.165) is 0 Å². The zero-order chi connectivity index (χ0) is 10.6. The lowest BCUT2D eigenvalue weighted by Crippen LogP contribution is -2.02. The molecule has 1 aliphatic carbocycles. The molecule has 76 valence electrons. The van der Waals surface area contributed by atoms with Crippen molar-refractivity contribution in [1.29, 1.82) is 0 Å². The molecule has 1 aromatic rings. The Morgan fingerprint density at radius 2 is 1.64 bits per heavy atom. The Hall–Kier alpha value is -1.06. The van der Waals surface area contributed by atoms with E-state index in [9.17, 15) is 17.6 Å². The summed E-state index contributed by atoms with van der Waals surface area (Å²) in [7, 11) is 0. The third kappa shape index (κ3) is 1.06. The van der Waals surface area contributed by atoms with Crippen LogP contribution in [0.4, 0.5) is 17.6 Å². The highest BCUT2D eigenvalue weighted by Crippen LogP contribution is 2.68. The van der Waals surface area contributed by atoms with Gasteiger partial charge in [-0.1, -0.05) is 29.8 Å². The molecule has 0 amide bonds. The van der Waals surface area contributed by atoms with Crippen LogP contribution < -0.4 is 0 Å². The number of rotatable bonds is 1. The molecule has 0 nitrogen and oxygen atoms in total. The molecule has 1 saturated carbocycles. The zero-order valence-corrected chi connectivity index (χ0v) is 7.40. The van der Waals surface area contributed by atoms with Gasteiger partial charge >= 0.3 is 11.8 Å². The van der Waals surface area contributed by atoms with Crippen LogP contribution in [0.5, 0.6) is 0 Å². The Morgan fingerprint density at radius 3 is 2.07 bits per heavy atom. The van der Waals surface area contributed by atoms with Gasteiger partial charge < -0.3 is 0 Å². The molecule has 0 radical (unpaired) electrons. The molecule has 0 aromatic heterocycles. The first-order valence-corrected chi connectivity index (χ1v) is 4.19. The van der Waals surface area contributed by atoms with Gasteiger partial charge in [0.25, 0.3) is 0 Å². The molecule has 14 heavy (non-hydrogen) atoms. The average Bonchev–Trinajstić information content (AvgIpc) is 2.42. The number of aryl methyl sites for hydroxylation is 1. The zero-order valence-electron chi connectivity index (χ0n) is 7.40. The summed E-state index contributed by atoms with van der Waals surface area (Å²) in [4.78, 5) is 0. The Labute approximate surface area is 78.5 Å². The number of halogens is 4. The maximum atomic E-state index is 12.6. The molecule has 1 aromatic carbocycles. The van der Waals surface area contributed by atoms with Crippen LogP contribution in [0, 0.1) is 6.92 Å². The summed E-state index contributed by atoms with van der Waals surface area (Å²) in [5.74, 6) is -9.68. The summed E-state index contributed by atoms with van der Waals surface area (Å²) in [6.45, 7) is 1.68. The second-order valence-corrected chi connectivity index (χ2v) is 3.59. The first-order chi connectivity index (χ1) is 6.37. The van der Waals surface area contributed by atoms with Crippen molar-refractivity contribution in [3.05, 3.63) is 35.4 Å². The van der Waals surface area contributed by atoms with E-state index in [1.54, 1.807) is 13.0 Å². The maximum absolute atomic E-state index is 12.6. The number of alkyl halides is 4. The molecular weight excluding hydrogens is 196 g/mol. The van der Waals surface area contributed by atoms with Crippen molar-refractivity contribution in [3.8, 4) is 0 Å². The van der Waals surface area contributed by atoms with Gasteiger partial charge in [-0.15, -0.1) is 0 Å². The van der Waals surface area contributed by atoms with Gasteiger partial charge in [0, 0.05) is 0 Å². The first-order valence-electron chi connectivity index (χ1n) is 4.19. The fourth-order valence-corrected chi connectivity index (χ4v) is 1.61. The topological polar surface area (TPSA) is 0 Å². The molecule has 0 bridgehead atoms. The van der Waals surface area contributed by atoms with E-state index in [2.05, 4.69) is 0 Å². The van der Waals surface area contributed by atoms with Crippen molar-refractivity contribution >= 4 is 0 Å². The van der Waals surface area contributed by atoms with Gasteiger partial charge in [0.15, 0.2) is 0 Å². The van der Waals surface area contributed by atoms with E-state index in [-0.39, 0.29) is 5.56 Å². The molecule has 4 heteroatoms. The van der Waals surface area contributed by atoms with Crippen LogP contribution in [-0.2, 0) is 0 Å². The standard InChI is InChI=1S/C10H8F4/c1-6-3-2-4-7(5-6)8-9(11,12)10(8,13)14/h2-5,8H,1H3. The third-order valence-electron chi connectivity index (χ3n) is 2.46. The van der Waals surface area contributed by atoms with Crippen LogP contribution in [0.25, 0.3) is 0 Å². The van der Waals surface area contributed by atoms with Gasteiger partial charge in [0.1, 0.15) is 5.92 Å². The summed E-state index contributed by atoms with van der Waals surface area (Å²) in [6, 6.07) is 5.88. The van der Waals surface area contributed by atoms with Crippen molar-refractivity contribution in [2.24, 2.45) is 0 Å². The van der Waals surface area contributed by atoms with Crippen LogP contribution in [0.15, 0.2) is 24.3 Å². The van der Waals surface area contributed by atoms with E-state index in [1.807, 2.05) is 0 Å². The molecule has 0 saturated heterocycles. The van der Waals surface area contributed by atoms with Crippen molar-refractivity contribution in [2.45, 2.75) is 24.7 Å². The van der Waals surface area contributed by atoms with Gasteiger partial charge in [0.05, 0.1) is 0 Å². The van der Waals surface area contributed by atoms with Crippen molar-refractivity contribution in [2.75, 3.05) is 0 Å². The van der Waals surface area contributed by atoms with Gasteiger partial charge in [-0.05, 0) is 12.5 Å². The van der Waals surface area contributed by atoms with Crippen LogP contribution in [0.1, 0.15) is 17.0 Å². The fraction of sp³-hybridized carbons (Fsp3) is 0.400. The summed E-state index contributed by atoms with van der Waals surface area (Å²) in [6.07, 6.45) is 0. The largest absolute Gasteiger partial charge is 0.323 e. The van der Waals surface area contributed by atoms with Crippen molar-refractivity contribution in [1.82, 2.24) is 0 Å². The molecule has 0 N–H and O–H groups in total. The predicted molar refractivity (Wildman–Crippen MR) is 43.8 cm³/mol. The highest BCUT2D eigenvalue weighted by atomic mass is 19.3. The first kappa shape index (κ1) is 9.49. The minimum atomic E-state index is -3.87. The minimum Gasteiger partial charge on any atom is -0.199 e. The molecule has 1 aliphatic rings. The lowest BCUT2D eigenvalue weighted by atomic mass is 10.1. The molecule has 0 heterocycles. The molecule has 1 fully saturated rings. The predicted octanol–water partition coefficient (Wildman–Crippen LogP) is 3.36. The molecule has 0 spiro atoms. The SMILES string of the molecule is Cc1cccc(C2C(F)(F)C2(F)F)c1. The Kier molecular flexibility index (Phi) is 1.69. The second kappa shape index (κ2) is 2.49. The quantitative estimate of drug-likeness (QED) is 0.615. The van der Waals surface area contributed by atoms with Gasteiger partial charge in [0.2, 0.25) is 0 Å². The van der Waals surface area contributed by atoms with Crippen molar-refractivity contribution < 1.29 is 17.6 Å². The van der Waals surface area contributed by atoms with Gasteiger partial charge in [-0.25, -0.2) is 0 Å². The van der Waals surface area contributed by atoms with Crippen LogP contribution in [0.2, 0.25) is 0 Å². The monoisotopic (exact) mass is 204 g/mol. The fourth-order valence-electron chi connectivity index (χ4n) is 1.61. The van der Waals surface area contributed by atoms with Gasteiger partial charge in [-0.3, -0.25) is 0 Å². The summed E-state index contributed by atoms with van der Waals surface area (Å²) < 4.78 is 50.6. The van der Waals surface area contributed by atoms with E-state index in [0.29, 0.717) is 5.56 Å². The summed E-state index contributed by atoms with van der Waals surface area (Å²) >= 11 is 0. The average molecular weight is 204 g/mol. The third-order valence-corrected chi connectivity index (χ3v) is 2.46. The van der Waals surface area contributed by atoms with Crippen LogP contribution >= 0.6 is 0 Å². The van der Waals surface area contributed by atoms with E-state index >= 15 is 0 Å². The molecule has 2 rings (SSSR count). The molecule has 0 atom stereocenters. The number of hydrogen-bond acceptors (Lipinski definition) is 0. The summed E-state index contributed by atoms with van der Waals surface area (Å²) in [5, 5.41) is 0. The summed E-state index contributed by atoms with van der Waals surface area (Å²) in [5.41, 5.74) is 0.723. The van der Waals surface area contributed by atoms with Crippen LogP contribution in [0.3, 0.4) is 0 Å². The highest BCUT2D eigenvalue weighted by molar-refractivity contribution is 5.38. The number of benzene rings is 1. The van der Waals surface area contributed by atoms with E-state index in [4.69, 9.17) is 0 Å². The second-order valence-electron chi connectivity index (χ2n) is 3.59. The molecule has 0 aliphatic heterocycles. The Balaban J connectivity index is 2.36. The number of hydrogen-bond donors (Lipinski definition) is 0.